The van der Waals surface area contributed by atoms with Crippen molar-refractivity contribution in [3.05, 3.63) is 29.3 Å². The van der Waals surface area contributed by atoms with E-state index in [-0.39, 0.29) is 5.84 Å². The highest BCUT2D eigenvalue weighted by molar-refractivity contribution is 5.95. The molecule has 1 aromatic carbocycles. The van der Waals surface area contributed by atoms with E-state index >= 15 is 0 Å². The molecule has 18 heavy (non-hydrogen) atoms. The minimum Gasteiger partial charge on any atom is -0.492 e. The first-order valence-electron chi connectivity index (χ1n) is 6.38. The van der Waals surface area contributed by atoms with Gasteiger partial charge in [0, 0.05) is 12.1 Å². The second-order valence-electron chi connectivity index (χ2n) is 4.27. The number of hydrogen-bond donors (Lipinski definition) is 2. The average molecular weight is 249 g/mol. The van der Waals surface area contributed by atoms with Gasteiger partial charge in [-0.25, -0.2) is 0 Å². The van der Waals surface area contributed by atoms with Gasteiger partial charge in [0.05, 0.1) is 0 Å². The van der Waals surface area contributed by atoms with E-state index in [0.717, 1.165) is 36.5 Å². The summed E-state index contributed by atoms with van der Waals surface area (Å²) in [5, 5.41) is 7.38. The SMILES string of the molecule is CCN(CC)CCOc1ccc(C(=N)N)cc1C. The van der Waals surface area contributed by atoms with Gasteiger partial charge < -0.3 is 15.4 Å². The van der Waals surface area contributed by atoms with Gasteiger partial charge >= 0.3 is 0 Å². The number of ether oxygens (including phenoxy) is 1. The van der Waals surface area contributed by atoms with Gasteiger partial charge in [-0.3, -0.25) is 5.41 Å². The summed E-state index contributed by atoms with van der Waals surface area (Å²) in [5.41, 5.74) is 7.20. The molecule has 0 aliphatic rings. The van der Waals surface area contributed by atoms with Crippen LogP contribution in [0.15, 0.2) is 18.2 Å². The first-order chi connectivity index (χ1) is 8.58. The van der Waals surface area contributed by atoms with Crippen molar-refractivity contribution in [3.63, 3.8) is 0 Å². The van der Waals surface area contributed by atoms with E-state index in [2.05, 4.69) is 18.7 Å². The van der Waals surface area contributed by atoms with E-state index in [4.69, 9.17) is 15.9 Å². The second kappa shape index (κ2) is 7.01. The Morgan fingerprint density at radius 1 is 1.33 bits per heavy atom. The standard InChI is InChI=1S/C14H23N3O/c1-4-17(5-2)8-9-18-13-7-6-12(14(15)16)10-11(13)3/h6-7,10H,4-5,8-9H2,1-3H3,(H3,15,16). The first kappa shape index (κ1) is 14.5. The molecule has 0 saturated carbocycles. The third-order valence-corrected chi connectivity index (χ3v) is 3.05. The Bertz CT molecular complexity index is 400. The Hall–Kier alpha value is -1.55. The van der Waals surface area contributed by atoms with Gasteiger partial charge in [0.15, 0.2) is 0 Å². The zero-order chi connectivity index (χ0) is 13.5. The zero-order valence-corrected chi connectivity index (χ0v) is 11.5. The first-order valence-corrected chi connectivity index (χ1v) is 6.38. The maximum absolute atomic E-state index is 7.38. The normalized spacial score (nSPS) is 10.7. The summed E-state index contributed by atoms with van der Waals surface area (Å²) in [6.45, 7) is 9.97. The van der Waals surface area contributed by atoms with Gasteiger partial charge in [-0.2, -0.15) is 0 Å². The molecule has 1 aromatic rings. The number of hydrogen-bond acceptors (Lipinski definition) is 3. The maximum Gasteiger partial charge on any atom is 0.122 e. The van der Waals surface area contributed by atoms with Crippen LogP contribution in [0.2, 0.25) is 0 Å². The van der Waals surface area contributed by atoms with Crippen molar-refractivity contribution in [2.24, 2.45) is 5.73 Å². The van der Waals surface area contributed by atoms with Crippen LogP contribution in [0, 0.1) is 12.3 Å². The van der Waals surface area contributed by atoms with Gasteiger partial charge in [-0.05, 0) is 43.8 Å². The molecular formula is C14H23N3O. The third-order valence-electron chi connectivity index (χ3n) is 3.05. The molecule has 0 radical (unpaired) electrons. The predicted molar refractivity (Wildman–Crippen MR) is 75.5 cm³/mol. The molecular weight excluding hydrogens is 226 g/mol. The lowest BCUT2D eigenvalue weighted by atomic mass is 10.1. The van der Waals surface area contributed by atoms with Crippen molar-refractivity contribution in [1.29, 1.82) is 5.41 Å². The van der Waals surface area contributed by atoms with Crippen molar-refractivity contribution in [1.82, 2.24) is 4.90 Å². The van der Waals surface area contributed by atoms with Crippen LogP contribution in [0.1, 0.15) is 25.0 Å². The average Bonchev–Trinajstić information content (AvgIpc) is 2.36. The number of nitrogens with one attached hydrogen (secondary N) is 1. The summed E-state index contributed by atoms with van der Waals surface area (Å²) >= 11 is 0. The molecule has 0 saturated heterocycles. The molecule has 4 heteroatoms. The Morgan fingerprint density at radius 2 is 2.00 bits per heavy atom. The largest absolute Gasteiger partial charge is 0.492 e. The number of nitrogens with zero attached hydrogens (tertiary/aromatic N) is 1. The van der Waals surface area contributed by atoms with Gasteiger partial charge in [-0.1, -0.05) is 13.8 Å². The Kier molecular flexibility index (Phi) is 5.65. The van der Waals surface area contributed by atoms with Crippen molar-refractivity contribution in [3.8, 4) is 5.75 Å². The number of likely N-dealkylation sites (N-methyl/N-ethyl adjacent to an activating group) is 1. The number of aryl methyl sites for hydroxylation is 1. The molecule has 0 spiro atoms. The van der Waals surface area contributed by atoms with E-state index in [1.165, 1.54) is 0 Å². The number of nitrogens with two attached hydrogens (primary N) is 1. The fourth-order valence-corrected chi connectivity index (χ4v) is 1.80. The van der Waals surface area contributed by atoms with Crippen molar-refractivity contribution in [2.45, 2.75) is 20.8 Å². The molecule has 1 rings (SSSR count). The van der Waals surface area contributed by atoms with Crippen molar-refractivity contribution < 1.29 is 4.74 Å². The summed E-state index contributed by atoms with van der Waals surface area (Å²) in [7, 11) is 0. The van der Waals surface area contributed by atoms with Crippen molar-refractivity contribution >= 4 is 5.84 Å². The van der Waals surface area contributed by atoms with Crippen LogP contribution in [0.4, 0.5) is 0 Å². The van der Waals surface area contributed by atoms with Gasteiger partial charge in [0.1, 0.15) is 18.2 Å². The Morgan fingerprint density at radius 3 is 2.50 bits per heavy atom. The van der Waals surface area contributed by atoms with Crippen LogP contribution in [-0.4, -0.2) is 37.0 Å². The van der Waals surface area contributed by atoms with Gasteiger partial charge in [0.25, 0.3) is 0 Å². The van der Waals surface area contributed by atoms with Crippen molar-refractivity contribution in [2.75, 3.05) is 26.2 Å². The highest BCUT2D eigenvalue weighted by Crippen LogP contribution is 2.18. The lowest BCUT2D eigenvalue weighted by Crippen LogP contribution is -2.28. The number of benzene rings is 1. The number of amidine groups is 1. The topological polar surface area (TPSA) is 62.3 Å². The Labute approximate surface area is 109 Å². The molecule has 0 atom stereocenters. The minimum atomic E-state index is 0.0905. The molecule has 0 amide bonds. The lowest BCUT2D eigenvalue weighted by molar-refractivity contribution is 0.222. The minimum absolute atomic E-state index is 0.0905. The van der Waals surface area contributed by atoms with Gasteiger partial charge in [-0.15, -0.1) is 0 Å². The van der Waals surface area contributed by atoms with Crippen LogP contribution < -0.4 is 10.5 Å². The molecule has 0 aliphatic heterocycles. The summed E-state index contributed by atoms with van der Waals surface area (Å²) in [6.07, 6.45) is 0. The van der Waals surface area contributed by atoms with Crippen LogP contribution in [0.5, 0.6) is 5.75 Å². The lowest BCUT2D eigenvalue weighted by Gasteiger charge is -2.18. The number of nitrogen functional groups attached to an aromatic ring is 1. The van der Waals surface area contributed by atoms with Crippen LogP contribution in [-0.2, 0) is 0 Å². The van der Waals surface area contributed by atoms with E-state index in [1.54, 1.807) is 0 Å². The predicted octanol–water partition coefficient (Wildman–Crippen LogP) is 2.00. The summed E-state index contributed by atoms with van der Waals surface area (Å²) in [5.74, 6) is 0.958. The molecule has 100 valence electrons. The van der Waals surface area contributed by atoms with E-state index < -0.39 is 0 Å². The zero-order valence-electron chi connectivity index (χ0n) is 11.5. The summed E-state index contributed by atoms with van der Waals surface area (Å²) < 4.78 is 5.75. The quantitative estimate of drug-likeness (QED) is 0.574. The molecule has 3 N–H and O–H groups in total. The fraction of sp³-hybridized carbons (Fsp3) is 0.500. The highest BCUT2D eigenvalue weighted by atomic mass is 16.5. The molecule has 4 nitrogen and oxygen atoms in total. The van der Waals surface area contributed by atoms with E-state index in [9.17, 15) is 0 Å². The highest BCUT2D eigenvalue weighted by Gasteiger charge is 2.04. The summed E-state index contributed by atoms with van der Waals surface area (Å²) in [6, 6.07) is 5.59. The van der Waals surface area contributed by atoms with Gasteiger partial charge in [0.2, 0.25) is 0 Å². The van der Waals surface area contributed by atoms with Crippen LogP contribution in [0.25, 0.3) is 0 Å². The summed E-state index contributed by atoms with van der Waals surface area (Å²) in [4.78, 5) is 2.32. The number of rotatable bonds is 7. The monoisotopic (exact) mass is 249 g/mol. The van der Waals surface area contributed by atoms with E-state index in [1.807, 2.05) is 25.1 Å². The maximum atomic E-state index is 7.38. The molecule has 0 heterocycles. The molecule has 0 unspecified atom stereocenters. The third kappa shape index (κ3) is 4.04. The van der Waals surface area contributed by atoms with Crippen LogP contribution >= 0.6 is 0 Å². The molecule has 0 aromatic heterocycles. The smallest absolute Gasteiger partial charge is 0.122 e. The van der Waals surface area contributed by atoms with Crippen LogP contribution in [0.3, 0.4) is 0 Å². The molecule has 0 aliphatic carbocycles. The molecule has 0 bridgehead atoms. The fourth-order valence-electron chi connectivity index (χ4n) is 1.80. The van der Waals surface area contributed by atoms with E-state index in [0.29, 0.717) is 6.61 Å². The Balaban J connectivity index is 2.55. The molecule has 0 fully saturated rings. The second-order valence-corrected chi connectivity index (χ2v) is 4.27.